The molecule has 1 amide bonds. The van der Waals surface area contributed by atoms with Gasteiger partial charge in [0.1, 0.15) is 22.6 Å². The van der Waals surface area contributed by atoms with E-state index in [4.69, 9.17) is 27.9 Å². The second-order valence-electron chi connectivity index (χ2n) is 6.54. The lowest BCUT2D eigenvalue weighted by Gasteiger charge is -2.11. The lowest BCUT2D eigenvalue weighted by Crippen LogP contribution is -2.15. The summed E-state index contributed by atoms with van der Waals surface area (Å²) >= 11 is 12.0. The van der Waals surface area contributed by atoms with Crippen LogP contribution in [-0.4, -0.2) is 33.8 Å². The van der Waals surface area contributed by atoms with E-state index in [0.717, 1.165) is 5.56 Å². The fourth-order valence-corrected chi connectivity index (χ4v) is 3.32. The summed E-state index contributed by atoms with van der Waals surface area (Å²) in [6.45, 7) is 0. The lowest BCUT2D eigenvalue weighted by atomic mass is 10.1. The van der Waals surface area contributed by atoms with E-state index in [-0.39, 0.29) is 22.8 Å². The molecule has 2 aromatic carbocycles. The van der Waals surface area contributed by atoms with E-state index in [2.05, 4.69) is 20.3 Å². The minimum atomic E-state index is -0.454. The summed E-state index contributed by atoms with van der Waals surface area (Å²) in [6, 6.07) is 14.9. The number of aromatic nitrogens is 3. The van der Waals surface area contributed by atoms with Crippen molar-refractivity contribution in [2.24, 2.45) is 0 Å². The van der Waals surface area contributed by atoms with Gasteiger partial charge in [0.05, 0.1) is 24.0 Å². The van der Waals surface area contributed by atoms with Gasteiger partial charge in [0.25, 0.3) is 0 Å². The number of alkyl halides is 1. The van der Waals surface area contributed by atoms with Crippen molar-refractivity contribution in [1.29, 1.82) is 0 Å². The van der Waals surface area contributed by atoms with Crippen LogP contribution in [0.4, 0.5) is 10.3 Å². The van der Waals surface area contributed by atoms with E-state index in [0.29, 0.717) is 33.6 Å². The number of anilines is 1. The van der Waals surface area contributed by atoms with Crippen LogP contribution in [0.25, 0.3) is 33.4 Å². The van der Waals surface area contributed by atoms with Crippen molar-refractivity contribution in [3.05, 3.63) is 65.6 Å². The first-order chi connectivity index (χ1) is 15.0. The molecule has 4 aromatic rings. The third-order valence-corrected chi connectivity index (χ3v) is 5.02. The second kappa shape index (κ2) is 8.83. The molecule has 1 N–H and O–H groups in total. The first-order valence-corrected chi connectivity index (χ1v) is 10.0. The van der Waals surface area contributed by atoms with Gasteiger partial charge in [-0.25, -0.2) is 19.3 Å². The number of benzene rings is 2. The van der Waals surface area contributed by atoms with Crippen LogP contribution in [0.1, 0.15) is 0 Å². The summed E-state index contributed by atoms with van der Waals surface area (Å²) in [5.74, 6) is -0.339. The Kier molecular flexibility index (Phi) is 5.97. The monoisotopic (exact) mass is 456 g/mol. The normalized spacial score (nSPS) is 10.8. The number of halogens is 3. The Balaban J connectivity index is 1.88. The van der Waals surface area contributed by atoms with Crippen LogP contribution >= 0.6 is 23.2 Å². The fourth-order valence-electron chi connectivity index (χ4n) is 3.01. The molecule has 0 aliphatic rings. The zero-order valence-electron chi connectivity index (χ0n) is 16.2. The molecular weight excluding hydrogens is 442 g/mol. The fraction of sp³-hybridized carbons (Fsp3) is 0.0909. The number of carbonyl (C=O) groups is 1. The quantitative estimate of drug-likeness (QED) is 0.324. The van der Waals surface area contributed by atoms with E-state index in [1.807, 2.05) is 12.1 Å². The highest BCUT2D eigenvalue weighted by Crippen LogP contribution is 2.32. The molecule has 0 aliphatic carbocycles. The van der Waals surface area contributed by atoms with Crippen molar-refractivity contribution >= 4 is 46.0 Å². The Morgan fingerprint density at radius 1 is 1.03 bits per heavy atom. The third kappa shape index (κ3) is 4.57. The average Bonchev–Trinajstić information content (AvgIpc) is 2.78. The summed E-state index contributed by atoms with van der Waals surface area (Å²) < 4.78 is 18.9. The lowest BCUT2D eigenvalue weighted by molar-refractivity contribution is -0.114. The number of methoxy groups -OCH3 is 1. The highest BCUT2D eigenvalue weighted by Gasteiger charge is 2.15. The summed E-state index contributed by atoms with van der Waals surface area (Å²) in [4.78, 5) is 25.0. The Morgan fingerprint density at radius 2 is 1.77 bits per heavy atom. The van der Waals surface area contributed by atoms with Crippen molar-refractivity contribution in [2.75, 3.05) is 18.3 Å². The van der Waals surface area contributed by atoms with Gasteiger partial charge >= 0.3 is 0 Å². The molecular formula is C22H15Cl2FN4O2. The van der Waals surface area contributed by atoms with E-state index < -0.39 is 5.91 Å². The Bertz CT molecular complexity index is 1280. The summed E-state index contributed by atoms with van der Waals surface area (Å²) in [5, 5.41) is 3.31. The molecule has 9 heteroatoms. The molecule has 0 fully saturated rings. The zero-order chi connectivity index (χ0) is 22.0. The SMILES string of the molecule is COc1ccc(-c2cc(-c3cc4cc(F)ccc4nc3Cl)nc(NC(=O)CCl)n2)cc1. The number of hydrogen-bond donors (Lipinski definition) is 1. The first kappa shape index (κ1) is 21.0. The summed E-state index contributed by atoms with van der Waals surface area (Å²) in [5.41, 5.74) is 2.73. The number of hydrogen-bond acceptors (Lipinski definition) is 5. The predicted molar refractivity (Wildman–Crippen MR) is 119 cm³/mol. The van der Waals surface area contributed by atoms with Crippen LogP contribution in [0.3, 0.4) is 0 Å². The first-order valence-electron chi connectivity index (χ1n) is 9.12. The average molecular weight is 457 g/mol. The standard InChI is InChI=1S/C22H15Cl2FN4O2/c1-31-15-5-2-12(3-6-15)18-10-19(28-22(27-18)29-20(30)11-23)16-9-13-8-14(25)4-7-17(13)26-21(16)24/h2-10H,11H2,1H3,(H,27,28,29,30). The maximum absolute atomic E-state index is 13.7. The van der Waals surface area contributed by atoms with Gasteiger partial charge in [-0.1, -0.05) is 11.6 Å². The topological polar surface area (TPSA) is 77.0 Å². The Hall–Kier alpha value is -3.29. The minimum Gasteiger partial charge on any atom is -0.497 e. The van der Waals surface area contributed by atoms with Gasteiger partial charge < -0.3 is 4.74 Å². The molecule has 6 nitrogen and oxygen atoms in total. The van der Waals surface area contributed by atoms with Crippen LogP contribution in [0, 0.1) is 5.82 Å². The van der Waals surface area contributed by atoms with Gasteiger partial charge in [-0.2, -0.15) is 0 Å². The number of carbonyl (C=O) groups excluding carboxylic acids is 1. The minimum absolute atomic E-state index is 0.0596. The third-order valence-electron chi connectivity index (χ3n) is 4.49. The molecule has 0 unspecified atom stereocenters. The van der Waals surface area contributed by atoms with Crippen LogP contribution in [-0.2, 0) is 4.79 Å². The van der Waals surface area contributed by atoms with Gasteiger partial charge in [-0.3, -0.25) is 10.1 Å². The number of ether oxygens (including phenoxy) is 1. The van der Waals surface area contributed by atoms with Crippen molar-refractivity contribution in [3.63, 3.8) is 0 Å². The van der Waals surface area contributed by atoms with Crippen LogP contribution in [0.15, 0.2) is 54.6 Å². The predicted octanol–water partition coefficient (Wildman–Crippen LogP) is 5.34. The van der Waals surface area contributed by atoms with Gasteiger partial charge in [0, 0.05) is 16.5 Å². The van der Waals surface area contributed by atoms with Crippen molar-refractivity contribution in [1.82, 2.24) is 15.0 Å². The van der Waals surface area contributed by atoms with E-state index in [1.165, 1.54) is 12.1 Å². The Morgan fingerprint density at radius 3 is 2.48 bits per heavy atom. The van der Waals surface area contributed by atoms with Gasteiger partial charge in [-0.15, -0.1) is 11.6 Å². The molecule has 0 aliphatic heterocycles. The molecule has 2 aromatic heterocycles. The van der Waals surface area contributed by atoms with E-state index in [9.17, 15) is 9.18 Å². The molecule has 0 radical (unpaired) electrons. The maximum Gasteiger partial charge on any atom is 0.241 e. The Labute approximate surface area is 187 Å². The van der Waals surface area contributed by atoms with Crippen molar-refractivity contribution in [3.8, 4) is 28.3 Å². The number of fused-ring (bicyclic) bond motifs is 1. The van der Waals surface area contributed by atoms with E-state index >= 15 is 0 Å². The van der Waals surface area contributed by atoms with Crippen LogP contribution in [0.2, 0.25) is 5.15 Å². The van der Waals surface area contributed by atoms with Crippen LogP contribution < -0.4 is 10.1 Å². The molecule has 4 rings (SSSR count). The number of pyridine rings is 1. The molecule has 0 saturated heterocycles. The number of amides is 1. The van der Waals surface area contributed by atoms with Gasteiger partial charge in [-0.05, 0) is 54.6 Å². The summed E-state index contributed by atoms with van der Waals surface area (Å²) in [6.07, 6.45) is 0. The molecule has 2 heterocycles. The molecule has 0 atom stereocenters. The van der Waals surface area contributed by atoms with Gasteiger partial charge in [0.15, 0.2) is 0 Å². The summed E-state index contributed by atoms with van der Waals surface area (Å²) in [7, 11) is 1.58. The van der Waals surface area contributed by atoms with Crippen molar-refractivity contribution in [2.45, 2.75) is 0 Å². The van der Waals surface area contributed by atoms with Crippen LogP contribution in [0.5, 0.6) is 5.75 Å². The molecule has 31 heavy (non-hydrogen) atoms. The highest BCUT2D eigenvalue weighted by molar-refractivity contribution is 6.32. The molecule has 0 saturated carbocycles. The highest BCUT2D eigenvalue weighted by atomic mass is 35.5. The molecule has 156 valence electrons. The zero-order valence-corrected chi connectivity index (χ0v) is 17.7. The largest absolute Gasteiger partial charge is 0.497 e. The van der Waals surface area contributed by atoms with Crippen molar-refractivity contribution < 1.29 is 13.9 Å². The van der Waals surface area contributed by atoms with Gasteiger partial charge in [0.2, 0.25) is 11.9 Å². The molecule has 0 bridgehead atoms. The second-order valence-corrected chi connectivity index (χ2v) is 7.16. The number of rotatable bonds is 5. The smallest absolute Gasteiger partial charge is 0.241 e. The number of nitrogens with one attached hydrogen (secondary N) is 1. The van der Waals surface area contributed by atoms with E-state index in [1.54, 1.807) is 37.4 Å². The number of nitrogens with zero attached hydrogens (tertiary/aromatic N) is 3. The maximum atomic E-state index is 13.7. The molecule has 0 spiro atoms.